The van der Waals surface area contributed by atoms with Crippen LogP contribution in [-0.4, -0.2) is 31.1 Å². The number of hydrogen-bond acceptors (Lipinski definition) is 3. The molecule has 1 aliphatic carbocycles. The van der Waals surface area contributed by atoms with Gasteiger partial charge in [-0.25, -0.2) is 0 Å². The van der Waals surface area contributed by atoms with Crippen molar-refractivity contribution in [3.63, 3.8) is 0 Å². The molecule has 0 amide bonds. The molecule has 0 saturated heterocycles. The van der Waals surface area contributed by atoms with Crippen molar-refractivity contribution < 1.29 is 0 Å². The lowest BCUT2D eigenvalue weighted by atomic mass is 9.71. The number of aryl methyl sites for hydroxylation is 1. The maximum absolute atomic E-state index is 3.79. The average molecular weight is 295 g/mol. The van der Waals surface area contributed by atoms with Gasteiger partial charge in [0, 0.05) is 15.3 Å². The van der Waals surface area contributed by atoms with E-state index in [1.807, 2.05) is 11.3 Å². The third-order valence-electron chi connectivity index (χ3n) is 5.02. The van der Waals surface area contributed by atoms with Crippen molar-refractivity contribution in [3.8, 4) is 0 Å². The van der Waals surface area contributed by atoms with E-state index in [1.165, 1.54) is 35.4 Å². The average Bonchev–Trinajstić information content (AvgIpc) is 2.83. The van der Waals surface area contributed by atoms with Crippen LogP contribution in [0.3, 0.4) is 0 Å². The Morgan fingerprint density at radius 1 is 1.35 bits per heavy atom. The molecule has 0 aromatic carbocycles. The van der Waals surface area contributed by atoms with E-state index in [0.717, 1.165) is 12.5 Å². The van der Waals surface area contributed by atoms with Crippen LogP contribution in [-0.2, 0) is 0 Å². The Morgan fingerprint density at radius 2 is 2.00 bits per heavy atom. The first kappa shape index (κ1) is 16.0. The molecule has 20 heavy (non-hydrogen) atoms. The van der Waals surface area contributed by atoms with E-state index in [-0.39, 0.29) is 5.54 Å². The monoisotopic (exact) mass is 294 g/mol. The van der Waals surface area contributed by atoms with Crippen LogP contribution in [0, 0.1) is 12.8 Å². The van der Waals surface area contributed by atoms with E-state index in [0.29, 0.717) is 6.04 Å². The Morgan fingerprint density at radius 3 is 2.45 bits per heavy atom. The van der Waals surface area contributed by atoms with Crippen molar-refractivity contribution in [2.45, 2.75) is 58.0 Å². The molecule has 0 radical (unpaired) electrons. The molecule has 2 rings (SSSR count). The lowest BCUT2D eigenvalue weighted by Gasteiger charge is -2.49. The molecule has 3 heteroatoms. The summed E-state index contributed by atoms with van der Waals surface area (Å²) < 4.78 is 0. The van der Waals surface area contributed by atoms with E-state index >= 15 is 0 Å². The minimum absolute atomic E-state index is 0.278. The summed E-state index contributed by atoms with van der Waals surface area (Å²) in [6.07, 6.45) is 5.31. The minimum Gasteiger partial charge on any atom is -0.308 e. The summed E-state index contributed by atoms with van der Waals surface area (Å²) in [5.41, 5.74) is 0.278. The molecule has 1 unspecified atom stereocenters. The highest BCUT2D eigenvalue weighted by atomic mass is 32.1. The van der Waals surface area contributed by atoms with Crippen LogP contribution in [0.2, 0.25) is 0 Å². The highest BCUT2D eigenvalue weighted by Gasteiger charge is 2.43. The van der Waals surface area contributed by atoms with Crippen LogP contribution in [0.4, 0.5) is 0 Å². The van der Waals surface area contributed by atoms with E-state index < -0.39 is 0 Å². The van der Waals surface area contributed by atoms with Crippen molar-refractivity contribution >= 4 is 11.3 Å². The third kappa shape index (κ3) is 3.10. The van der Waals surface area contributed by atoms with E-state index in [9.17, 15) is 0 Å². The quantitative estimate of drug-likeness (QED) is 0.875. The largest absolute Gasteiger partial charge is 0.308 e. The first-order valence-electron chi connectivity index (χ1n) is 7.96. The summed E-state index contributed by atoms with van der Waals surface area (Å²) >= 11 is 1.96. The highest BCUT2D eigenvalue weighted by molar-refractivity contribution is 7.12. The Kier molecular flexibility index (Phi) is 5.27. The summed E-state index contributed by atoms with van der Waals surface area (Å²) in [6.45, 7) is 7.87. The predicted molar refractivity (Wildman–Crippen MR) is 89.5 cm³/mol. The first-order valence-corrected chi connectivity index (χ1v) is 8.78. The predicted octanol–water partition coefficient (Wildman–Crippen LogP) is 4.22. The third-order valence-corrected chi connectivity index (χ3v) is 6.09. The zero-order valence-electron chi connectivity index (χ0n) is 13.7. The van der Waals surface area contributed by atoms with Gasteiger partial charge < -0.3 is 10.2 Å². The molecule has 1 aromatic rings. The molecule has 1 aromatic heterocycles. The van der Waals surface area contributed by atoms with E-state index in [4.69, 9.17) is 0 Å². The Bertz CT molecular complexity index is 416. The summed E-state index contributed by atoms with van der Waals surface area (Å²) in [5.74, 6) is 0.885. The maximum Gasteiger partial charge on any atom is 0.0601 e. The first-order chi connectivity index (χ1) is 9.49. The Hall–Kier alpha value is -0.380. The number of thiophene rings is 1. The van der Waals surface area contributed by atoms with Crippen LogP contribution in [0.5, 0.6) is 0 Å². The highest BCUT2D eigenvalue weighted by Crippen LogP contribution is 2.45. The van der Waals surface area contributed by atoms with Gasteiger partial charge in [-0.15, -0.1) is 11.3 Å². The van der Waals surface area contributed by atoms with Gasteiger partial charge in [-0.1, -0.05) is 13.8 Å². The molecular formula is C17H30N2S. The number of nitrogens with one attached hydrogen (secondary N) is 1. The Balaban J connectivity index is 2.32. The molecule has 0 bridgehead atoms. The molecule has 2 nitrogen and oxygen atoms in total. The minimum atomic E-state index is 0.278. The van der Waals surface area contributed by atoms with Crippen LogP contribution >= 0.6 is 11.3 Å². The summed E-state index contributed by atoms with van der Waals surface area (Å²) in [6, 6.07) is 5.06. The van der Waals surface area contributed by atoms with Crippen LogP contribution < -0.4 is 5.32 Å². The van der Waals surface area contributed by atoms with Gasteiger partial charge in [0.2, 0.25) is 0 Å². The van der Waals surface area contributed by atoms with E-state index in [1.54, 1.807) is 0 Å². The molecular weight excluding hydrogens is 264 g/mol. The molecule has 1 fully saturated rings. The second-order valence-corrected chi connectivity index (χ2v) is 7.94. The van der Waals surface area contributed by atoms with Gasteiger partial charge >= 0.3 is 0 Å². The number of hydrogen-bond donors (Lipinski definition) is 1. The molecule has 1 aliphatic rings. The fourth-order valence-corrected chi connectivity index (χ4v) is 4.69. The molecule has 114 valence electrons. The molecule has 0 spiro atoms. The van der Waals surface area contributed by atoms with Gasteiger partial charge in [0.1, 0.15) is 0 Å². The molecule has 1 saturated carbocycles. The molecule has 1 N–H and O–H groups in total. The zero-order valence-corrected chi connectivity index (χ0v) is 14.5. The van der Waals surface area contributed by atoms with Crippen molar-refractivity contribution in [1.29, 1.82) is 0 Å². The topological polar surface area (TPSA) is 15.3 Å². The SMILES string of the molecule is CCNC(c1ccc(C)s1)C1(N(C)C)CCC(C)CC1. The fraction of sp³-hybridized carbons (Fsp3) is 0.765. The van der Waals surface area contributed by atoms with Crippen molar-refractivity contribution in [3.05, 3.63) is 21.9 Å². The van der Waals surface area contributed by atoms with Gasteiger partial charge in [0.25, 0.3) is 0 Å². The van der Waals surface area contributed by atoms with Gasteiger partial charge in [-0.05, 0) is 71.3 Å². The van der Waals surface area contributed by atoms with Gasteiger partial charge in [0.05, 0.1) is 6.04 Å². The number of rotatable bonds is 5. The zero-order chi connectivity index (χ0) is 14.8. The van der Waals surface area contributed by atoms with Gasteiger partial charge in [-0.3, -0.25) is 0 Å². The smallest absolute Gasteiger partial charge is 0.0601 e. The summed E-state index contributed by atoms with van der Waals surface area (Å²) in [5, 5.41) is 3.79. The lowest BCUT2D eigenvalue weighted by Crippen LogP contribution is -2.55. The van der Waals surface area contributed by atoms with Crippen molar-refractivity contribution in [2.75, 3.05) is 20.6 Å². The van der Waals surface area contributed by atoms with Gasteiger partial charge in [-0.2, -0.15) is 0 Å². The molecule has 1 atom stereocenters. The van der Waals surface area contributed by atoms with Crippen LogP contribution in [0.15, 0.2) is 12.1 Å². The van der Waals surface area contributed by atoms with Crippen LogP contribution in [0.25, 0.3) is 0 Å². The van der Waals surface area contributed by atoms with Crippen LogP contribution in [0.1, 0.15) is 55.3 Å². The summed E-state index contributed by atoms with van der Waals surface area (Å²) in [4.78, 5) is 5.41. The number of nitrogens with zero attached hydrogens (tertiary/aromatic N) is 1. The second kappa shape index (κ2) is 6.59. The molecule has 1 heterocycles. The summed E-state index contributed by atoms with van der Waals surface area (Å²) in [7, 11) is 4.53. The normalized spacial score (nSPS) is 28.8. The second-order valence-electron chi connectivity index (χ2n) is 6.62. The fourth-order valence-electron chi connectivity index (χ4n) is 3.62. The Labute approximate surface area is 128 Å². The van der Waals surface area contributed by atoms with E-state index in [2.05, 4.69) is 57.2 Å². The van der Waals surface area contributed by atoms with Gasteiger partial charge in [0.15, 0.2) is 0 Å². The lowest BCUT2D eigenvalue weighted by molar-refractivity contribution is 0.0446. The van der Waals surface area contributed by atoms with Crippen molar-refractivity contribution in [1.82, 2.24) is 10.2 Å². The standard InChI is InChI=1S/C17H30N2S/c1-6-18-16(15-8-7-14(3)20-15)17(19(4)5)11-9-13(2)10-12-17/h7-8,13,16,18H,6,9-12H2,1-5H3. The number of likely N-dealkylation sites (N-methyl/N-ethyl adjacent to an activating group) is 2. The molecule has 0 aliphatic heterocycles. The van der Waals surface area contributed by atoms with Crippen molar-refractivity contribution in [2.24, 2.45) is 5.92 Å². The maximum atomic E-state index is 3.79.